The molecule has 0 amide bonds. The van der Waals surface area contributed by atoms with Gasteiger partial charge in [0.2, 0.25) is 0 Å². The predicted molar refractivity (Wildman–Crippen MR) is 76.1 cm³/mol. The monoisotopic (exact) mass is 275 g/mol. The molecular formula is C15H14FNOS. The summed E-state index contributed by atoms with van der Waals surface area (Å²) in [6.45, 7) is 0. The number of halogens is 1. The van der Waals surface area contributed by atoms with Crippen molar-refractivity contribution in [1.29, 1.82) is 0 Å². The van der Waals surface area contributed by atoms with Gasteiger partial charge in [-0.05, 0) is 29.8 Å². The topological polar surface area (TPSA) is 35.2 Å². The van der Waals surface area contributed by atoms with Gasteiger partial charge in [0.05, 0.1) is 0 Å². The number of hydrogen-bond acceptors (Lipinski definition) is 3. The van der Waals surface area contributed by atoms with E-state index >= 15 is 0 Å². The lowest BCUT2D eigenvalue weighted by molar-refractivity contribution is 0.259. The molecule has 0 aromatic heterocycles. The van der Waals surface area contributed by atoms with Crippen LogP contribution in [-0.4, -0.2) is 11.9 Å². The molecule has 1 aliphatic rings. The maximum atomic E-state index is 13.2. The summed E-state index contributed by atoms with van der Waals surface area (Å²) >= 11 is 1.54. The summed E-state index contributed by atoms with van der Waals surface area (Å²) in [5.41, 5.74) is 7.68. The van der Waals surface area contributed by atoms with Crippen LogP contribution in [0.25, 0.3) is 0 Å². The zero-order chi connectivity index (χ0) is 13.2. The largest absolute Gasteiger partial charge is 0.489 e. The lowest BCUT2D eigenvalue weighted by atomic mass is 10.1. The third kappa shape index (κ3) is 2.68. The van der Waals surface area contributed by atoms with Crippen molar-refractivity contribution in [2.24, 2.45) is 0 Å². The standard InChI is InChI=1S/C15H14FNOS/c16-11-5-6-13(17)15(8-11)19-9-12-7-10-3-1-2-4-14(10)18-12/h1-6,8,12H,7,9,17H2. The third-order valence-electron chi connectivity index (χ3n) is 3.11. The number of nitrogens with two attached hydrogens (primary N) is 1. The van der Waals surface area contributed by atoms with Gasteiger partial charge in [0.1, 0.15) is 17.7 Å². The number of nitrogen functional groups attached to an aromatic ring is 1. The summed E-state index contributed by atoms with van der Waals surface area (Å²) in [5.74, 6) is 1.47. The van der Waals surface area contributed by atoms with Crippen molar-refractivity contribution in [2.75, 3.05) is 11.5 Å². The van der Waals surface area contributed by atoms with Gasteiger partial charge in [-0.3, -0.25) is 0 Å². The number of ether oxygens (including phenoxy) is 1. The van der Waals surface area contributed by atoms with E-state index in [2.05, 4.69) is 6.07 Å². The zero-order valence-corrected chi connectivity index (χ0v) is 11.1. The van der Waals surface area contributed by atoms with Gasteiger partial charge >= 0.3 is 0 Å². The van der Waals surface area contributed by atoms with Gasteiger partial charge in [0, 0.05) is 22.8 Å². The average molecular weight is 275 g/mol. The molecule has 2 N–H and O–H groups in total. The molecule has 2 nitrogen and oxygen atoms in total. The van der Waals surface area contributed by atoms with Crippen LogP contribution >= 0.6 is 11.8 Å². The molecule has 0 fully saturated rings. The summed E-state index contributed by atoms with van der Waals surface area (Å²) in [7, 11) is 0. The average Bonchev–Trinajstić information content (AvgIpc) is 2.82. The summed E-state index contributed by atoms with van der Waals surface area (Å²) < 4.78 is 19.0. The highest BCUT2D eigenvalue weighted by molar-refractivity contribution is 7.99. The first-order chi connectivity index (χ1) is 9.22. The minimum absolute atomic E-state index is 0.130. The highest BCUT2D eigenvalue weighted by Crippen LogP contribution is 2.32. The molecule has 0 saturated heterocycles. The predicted octanol–water partition coefficient (Wildman–Crippen LogP) is 3.50. The van der Waals surface area contributed by atoms with Gasteiger partial charge in [-0.2, -0.15) is 0 Å². The molecule has 0 aliphatic carbocycles. The fourth-order valence-electron chi connectivity index (χ4n) is 2.16. The molecule has 0 bridgehead atoms. The van der Waals surface area contributed by atoms with Crippen LogP contribution in [0.4, 0.5) is 10.1 Å². The van der Waals surface area contributed by atoms with Gasteiger partial charge in [0.25, 0.3) is 0 Å². The third-order valence-corrected chi connectivity index (χ3v) is 4.32. The molecular weight excluding hydrogens is 261 g/mol. The Kier molecular flexibility index (Phi) is 3.34. The maximum Gasteiger partial charge on any atom is 0.124 e. The van der Waals surface area contributed by atoms with Gasteiger partial charge in [-0.1, -0.05) is 18.2 Å². The first-order valence-corrected chi connectivity index (χ1v) is 7.13. The van der Waals surface area contributed by atoms with Gasteiger partial charge in [-0.25, -0.2) is 4.39 Å². The molecule has 98 valence electrons. The van der Waals surface area contributed by atoms with Crippen LogP contribution < -0.4 is 10.5 Å². The Labute approximate surface area is 115 Å². The Hall–Kier alpha value is -1.68. The van der Waals surface area contributed by atoms with Crippen molar-refractivity contribution in [3.63, 3.8) is 0 Å². The van der Waals surface area contributed by atoms with Crippen LogP contribution in [0.2, 0.25) is 0 Å². The number of benzene rings is 2. The van der Waals surface area contributed by atoms with E-state index in [1.165, 1.54) is 29.5 Å². The fraction of sp³-hybridized carbons (Fsp3) is 0.200. The molecule has 3 rings (SSSR count). The van der Waals surface area contributed by atoms with E-state index in [1.54, 1.807) is 6.07 Å². The first kappa shape index (κ1) is 12.4. The Morgan fingerprint density at radius 3 is 2.95 bits per heavy atom. The Bertz CT molecular complexity index is 577. The van der Waals surface area contributed by atoms with E-state index in [9.17, 15) is 4.39 Å². The smallest absolute Gasteiger partial charge is 0.124 e. The van der Waals surface area contributed by atoms with Crippen LogP contribution in [0.15, 0.2) is 47.4 Å². The summed E-state index contributed by atoms with van der Waals surface area (Å²) in [6, 6.07) is 12.5. The van der Waals surface area contributed by atoms with Gasteiger partial charge in [0.15, 0.2) is 0 Å². The highest BCUT2D eigenvalue weighted by atomic mass is 32.2. The van der Waals surface area contributed by atoms with E-state index in [-0.39, 0.29) is 11.9 Å². The second-order valence-electron chi connectivity index (χ2n) is 4.54. The molecule has 2 aromatic rings. The van der Waals surface area contributed by atoms with E-state index in [0.717, 1.165) is 22.8 Å². The molecule has 19 heavy (non-hydrogen) atoms. The summed E-state index contributed by atoms with van der Waals surface area (Å²) in [6.07, 6.45) is 1.03. The molecule has 1 heterocycles. The van der Waals surface area contributed by atoms with Crippen molar-refractivity contribution in [2.45, 2.75) is 17.4 Å². The molecule has 1 unspecified atom stereocenters. The van der Waals surface area contributed by atoms with E-state index in [1.807, 2.05) is 18.2 Å². The zero-order valence-electron chi connectivity index (χ0n) is 10.3. The first-order valence-electron chi connectivity index (χ1n) is 6.15. The van der Waals surface area contributed by atoms with Crippen molar-refractivity contribution in [1.82, 2.24) is 0 Å². The van der Waals surface area contributed by atoms with Crippen molar-refractivity contribution in [3.05, 3.63) is 53.8 Å². The van der Waals surface area contributed by atoms with Gasteiger partial charge in [-0.15, -0.1) is 11.8 Å². The molecule has 1 atom stereocenters. The Morgan fingerprint density at radius 2 is 2.11 bits per heavy atom. The fourth-order valence-corrected chi connectivity index (χ4v) is 3.14. The number of thioether (sulfide) groups is 1. The van der Waals surface area contributed by atoms with E-state index in [4.69, 9.17) is 10.5 Å². The van der Waals surface area contributed by atoms with Gasteiger partial charge < -0.3 is 10.5 Å². The maximum absolute atomic E-state index is 13.2. The van der Waals surface area contributed by atoms with Crippen LogP contribution in [0.5, 0.6) is 5.75 Å². The van der Waals surface area contributed by atoms with E-state index in [0.29, 0.717) is 5.69 Å². The SMILES string of the molecule is Nc1ccc(F)cc1SCC1Cc2ccccc2O1. The van der Waals surface area contributed by atoms with Crippen LogP contribution in [0.1, 0.15) is 5.56 Å². The lowest BCUT2D eigenvalue weighted by Gasteiger charge is -2.11. The van der Waals surface area contributed by atoms with Crippen LogP contribution in [0.3, 0.4) is 0 Å². The number of para-hydroxylation sites is 1. The second-order valence-corrected chi connectivity index (χ2v) is 5.61. The summed E-state index contributed by atoms with van der Waals surface area (Å²) in [4.78, 5) is 0.777. The minimum Gasteiger partial charge on any atom is -0.489 e. The summed E-state index contributed by atoms with van der Waals surface area (Å²) in [5, 5.41) is 0. The minimum atomic E-state index is -0.257. The van der Waals surface area contributed by atoms with Crippen molar-refractivity contribution in [3.8, 4) is 5.75 Å². The molecule has 0 saturated carbocycles. The number of anilines is 1. The van der Waals surface area contributed by atoms with Crippen LogP contribution in [0, 0.1) is 5.82 Å². The normalized spacial score (nSPS) is 17.0. The molecule has 0 spiro atoms. The molecule has 4 heteroatoms. The number of hydrogen-bond donors (Lipinski definition) is 1. The number of fused-ring (bicyclic) bond motifs is 1. The number of rotatable bonds is 3. The lowest BCUT2D eigenvalue weighted by Crippen LogP contribution is -2.15. The van der Waals surface area contributed by atoms with Crippen LogP contribution in [-0.2, 0) is 6.42 Å². The Morgan fingerprint density at radius 1 is 1.26 bits per heavy atom. The molecule has 1 aliphatic heterocycles. The molecule has 0 radical (unpaired) electrons. The molecule has 2 aromatic carbocycles. The Balaban J connectivity index is 1.64. The van der Waals surface area contributed by atoms with Crippen molar-refractivity contribution < 1.29 is 9.13 Å². The highest BCUT2D eigenvalue weighted by Gasteiger charge is 2.22. The van der Waals surface area contributed by atoms with Crippen molar-refractivity contribution >= 4 is 17.4 Å². The van der Waals surface area contributed by atoms with E-state index < -0.39 is 0 Å². The quantitative estimate of drug-likeness (QED) is 0.688. The second kappa shape index (κ2) is 5.13.